The standard InChI is InChI=1S/C8H6Br4O2/c1-14-4-2-3(8(11)12)5(9)6(10)7(4)13/h2,8,13H,1H3. The molecule has 0 atom stereocenters. The van der Waals surface area contributed by atoms with Crippen molar-refractivity contribution in [1.29, 1.82) is 0 Å². The summed E-state index contributed by atoms with van der Waals surface area (Å²) in [5.74, 6) is 0.516. The van der Waals surface area contributed by atoms with Crippen molar-refractivity contribution in [3.8, 4) is 11.5 Å². The fourth-order valence-corrected chi connectivity index (χ4v) is 3.22. The molecule has 78 valence electrons. The van der Waals surface area contributed by atoms with E-state index in [1.54, 1.807) is 6.07 Å². The predicted molar refractivity (Wildman–Crippen MR) is 70.7 cm³/mol. The van der Waals surface area contributed by atoms with Crippen molar-refractivity contribution in [3.05, 3.63) is 20.6 Å². The fraction of sp³-hybridized carbons (Fsp3) is 0.250. The minimum absolute atomic E-state index is 0.00447. The van der Waals surface area contributed by atoms with Crippen molar-refractivity contribution in [3.63, 3.8) is 0 Å². The van der Waals surface area contributed by atoms with Gasteiger partial charge < -0.3 is 9.84 Å². The molecule has 6 heteroatoms. The smallest absolute Gasteiger partial charge is 0.173 e. The number of methoxy groups -OCH3 is 1. The molecule has 0 saturated heterocycles. The number of alkyl halides is 2. The molecule has 0 bridgehead atoms. The Morgan fingerprint density at radius 3 is 2.29 bits per heavy atom. The highest BCUT2D eigenvalue weighted by Gasteiger charge is 2.17. The van der Waals surface area contributed by atoms with Gasteiger partial charge in [0.25, 0.3) is 0 Å². The lowest BCUT2D eigenvalue weighted by Crippen LogP contribution is -1.90. The summed E-state index contributed by atoms with van der Waals surface area (Å²) in [7, 11) is 1.51. The molecule has 0 aromatic heterocycles. The molecular weight excluding hydrogens is 448 g/mol. The summed E-state index contributed by atoms with van der Waals surface area (Å²) in [5, 5.41) is 9.65. The maximum atomic E-state index is 9.65. The lowest BCUT2D eigenvalue weighted by atomic mass is 10.2. The highest BCUT2D eigenvalue weighted by atomic mass is 79.9. The summed E-state index contributed by atoms with van der Waals surface area (Å²) in [5.41, 5.74) is 0.937. The van der Waals surface area contributed by atoms with Crippen LogP contribution < -0.4 is 4.74 Å². The number of benzene rings is 1. The number of hydrogen-bond acceptors (Lipinski definition) is 2. The summed E-state index contributed by atoms with van der Waals surface area (Å²) < 4.78 is 6.39. The first-order valence-corrected chi connectivity index (χ1v) is 6.93. The second-order valence-corrected chi connectivity index (χ2v) is 7.09. The predicted octanol–water partition coefficient (Wildman–Crippen LogP) is 4.71. The molecule has 14 heavy (non-hydrogen) atoms. The zero-order chi connectivity index (χ0) is 10.9. The van der Waals surface area contributed by atoms with Crippen LogP contribution in [0, 0.1) is 0 Å². The van der Waals surface area contributed by atoms with Crippen LogP contribution in [0.5, 0.6) is 11.5 Å². The van der Waals surface area contributed by atoms with Crippen LogP contribution in [0.25, 0.3) is 0 Å². The van der Waals surface area contributed by atoms with E-state index in [0.29, 0.717) is 10.2 Å². The first-order valence-electron chi connectivity index (χ1n) is 3.52. The number of ether oxygens (including phenoxy) is 1. The molecule has 1 N–H and O–H groups in total. The number of phenolic OH excluding ortho intramolecular Hbond substituents is 1. The van der Waals surface area contributed by atoms with Crippen LogP contribution in [0.4, 0.5) is 0 Å². The maximum absolute atomic E-state index is 9.65. The van der Waals surface area contributed by atoms with Gasteiger partial charge in [0.1, 0.15) is 0 Å². The molecule has 1 aromatic rings. The Hall–Kier alpha value is 0.740. The van der Waals surface area contributed by atoms with Crippen LogP contribution in [0.3, 0.4) is 0 Å². The summed E-state index contributed by atoms with van der Waals surface area (Å²) in [4.78, 5) is 0. The van der Waals surface area contributed by atoms with Crippen LogP contribution in [0.15, 0.2) is 15.0 Å². The third-order valence-corrected chi connectivity index (χ3v) is 4.77. The lowest BCUT2D eigenvalue weighted by Gasteiger charge is -2.12. The second kappa shape index (κ2) is 5.18. The molecule has 0 unspecified atom stereocenters. The van der Waals surface area contributed by atoms with Crippen molar-refractivity contribution in [2.24, 2.45) is 0 Å². The molecule has 2 nitrogen and oxygen atoms in total. The fourth-order valence-electron chi connectivity index (χ4n) is 0.926. The van der Waals surface area contributed by atoms with E-state index in [2.05, 4.69) is 63.7 Å². The summed E-state index contributed by atoms with van der Waals surface area (Å²) in [6.07, 6.45) is 0. The van der Waals surface area contributed by atoms with Gasteiger partial charge in [-0.2, -0.15) is 0 Å². The molecule has 0 aliphatic heterocycles. The summed E-state index contributed by atoms with van der Waals surface area (Å²) in [6, 6.07) is 1.75. The number of halogens is 4. The lowest BCUT2D eigenvalue weighted by molar-refractivity contribution is 0.371. The van der Waals surface area contributed by atoms with E-state index in [-0.39, 0.29) is 9.49 Å². The Balaban J connectivity index is 3.40. The van der Waals surface area contributed by atoms with Crippen molar-refractivity contribution >= 4 is 63.7 Å². The van der Waals surface area contributed by atoms with E-state index in [0.717, 1.165) is 10.0 Å². The first kappa shape index (κ1) is 12.8. The average molecular weight is 454 g/mol. The van der Waals surface area contributed by atoms with E-state index in [4.69, 9.17) is 4.74 Å². The molecule has 0 aliphatic carbocycles. The molecule has 0 spiro atoms. The highest BCUT2D eigenvalue weighted by molar-refractivity contribution is 9.24. The van der Waals surface area contributed by atoms with Gasteiger partial charge in [0.15, 0.2) is 11.5 Å². The van der Waals surface area contributed by atoms with Crippen molar-refractivity contribution in [2.75, 3.05) is 7.11 Å². The van der Waals surface area contributed by atoms with Crippen molar-refractivity contribution in [2.45, 2.75) is 3.74 Å². The molecule has 0 heterocycles. The van der Waals surface area contributed by atoms with Gasteiger partial charge in [0.2, 0.25) is 0 Å². The van der Waals surface area contributed by atoms with E-state index < -0.39 is 0 Å². The minimum atomic E-state index is -0.00447. The Morgan fingerprint density at radius 2 is 1.86 bits per heavy atom. The number of aromatic hydroxyl groups is 1. The Morgan fingerprint density at radius 1 is 1.29 bits per heavy atom. The zero-order valence-corrected chi connectivity index (χ0v) is 13.4. The van der Waals surface area contributed by atoms with Gasteiger partial charge in [0, 0.05) is 4.47 Å². The number of phenols is 1. The molecule has 1 aromatic carbocycles. The van der Waals surface area contributed by atoms with Crippen LogP contribution in [-0.2, 0) is 0 Å². The summed E-state index contributed by atoms with van der Waals surface area (Å²) in [6.45, 7) is 0. The van der Waals surface area contributed by atoms with E-state index in [9.17, 15) is 5.11 Å². The molecule has 0 radical (unpaired) electrons. The van der Waals surface area contributed by atoms with Crippen LogP contribution >= 0.6 is 63.7 Å². The summed E-state index contributed by atoms with van der Waals surface area (Å²) >= 11 is 13.4. The minimum Gasteiger partial charge on any atom is -0.503 e. The second-order valence-electron chi connectivity index (χ2n) is 2.45. The normalized spacial score (nSPS) is 10.7. The maximum Gasteiger partial charge on any atom is 0.173 e. The first-order chi connectivity index (χ1) is 6.49. The number of hydrogen-bond donors (Lipinski definition) is 1. The van der Waals surface area contributed by atoms with Gasteiger partial charge in [-0.1, -0.05) is 31.9 Å². The molecule has 1 rings (SSSR count). The Labute approximate surface area is 116 Å². The van der Waals surface area contributed by atoms with E-state index in [1.807, 2.05) is 0 Å². The van der Waals surface area contributed by atoms with Gasteiger partial charge in [-0.05, 0) is 43.5 Å². The largest absolute Gasteiger partial charge is 0.503 e. The topological polar surface area (TPSA) is 29.5 Å². The molecule has 0 fully saturated rings. The highest BCUT2D eigenvalue weighted by Crippen LogP contribution is 2.46. The monoisotopic (exact) mass is 450 g/mol. The van der Waals surface area contributed by atoms with Crippen LogP contribution in [0.2, 0.25) is 0 Å². The SMILES string of the molecule is COc1cc(C(Br)Br)c(Br)c(Br)c1O. The van der Waals surface area contributed by atoms with Gasteiger partial charge in [-0.3, -0.25) is 0 Å². The quantitative estimate of drug-likeness (QED) is 0.657. The number of rotatable bonds is 2. The van der Waals surface area contributed by atoms with Crippen molar-refractivity contribution in [1.82, 2.24) is 0 Å². The molecule has 0 saturated carbocycles. The van der Waals surface area contributed by atoms with Crippen molar-refractivity contribution < 1.29 is 9.84 Å². The van der Waals surface area contributed by atoms with Gasteiger partial charge in [-0.25, -0.2) is 0 Å². The average Bonchev–Trinajstić information content (AvgIpc) is 2.14. The molecule has 0 aliphatic rings. The van der Waals surface area contributed by atoms with E-state index >= 15 is 0 Å². The third-order valence-electron chi connectivity index (χ3n) is 1.63. The molecule has 0 amide bonds. The van der Waals surface area contributed by atoms with Crippen LogP contribution in [0.1, 0.15) is 9.30 Å². The van der Waals surface area contributed by atoms with Gasteiger partial charge >= 0.3 is 0 Å². The van der Waals surface area contributed by atoms with Gasteiger partial charge in [0.05, 0.1) is 15.3 Å². The third kappa shape index (κ3) is 2.46. The zero-order valence-electron chi connectivity index (χ0n) is 7.02. The van der Waals surface area contributed by atoms with Crippen LogP contribution in [-0.4, -0.2) is 12.2 Å². The molecular formula is C8H6Br4O2. The Kier molecular flexibility index (Phi) is 4.74. The Bertz CT molecular complexity index is 352. The van der Waals surface area contributed by atoms with Gasteiger partial charge in [-0.15, -0.1) is 0 Å². The van der Waals surface area contributed by atoms with E-state index in [1.165, 1.54) is 7.11 Å².